The van der Waals surface area contributed by atoms with Gasteiger partial charge in [0.1, 0.15) is 29.4 Å². The Hall–Kier alpha value is -6.24. The number of aliphatic hydroxyl groups excluding tert-OH is 1. The normalized spacial score (nSPS) is 24.2. The molecule has 5 aliphatic rings. The summed E-state index contributed by atoms with van der Waals surface area (Å²) in [6.45, 7) is 0.396. The molecule has 1 saturated heterocycles. The van der Waals surface area contributed by atoms with Crippen molar-refractivity contribution >= 4 is 38.7 Å². The van der Waals surface area contributed by atoms with E-state index in [4.69, 9.17) is 4.74 Å². The van der Waals surface area contributed by atoms with Crippen LogP contribution in [0.1, 0.15) is 27.9 Å². The zero-order valence-electron chi connectivity index (χ0n) is 31.9. The molecule has 17 nitrogen and oxygen atoms in total. The van der Waals surface area contributed by atoms with Crippen LogP contribution in [-0.4, -0.2) is 102 Å². The molecule has 58 heavy (non-hydrogen) atoms. The third-order valence-electron chi connectivity index (χ3n) is 11.8. The number of sulfonamides is 1. The van der Waals surface area contributed by atoms with Gasteiger partial charge in [-0.2, -0.15) is 0 Å². The first-order chi connectivity index (χ1) is 27.6. The fraction of sp³-hybridized carbons (Fsp3) is 0.325. The van der Waals surface area contributed by atoms with Crippen LogP contribution in [0.5, 0.6) is 17.2 Å². The SMILES string of the molecule is CN1CC[C@]23c4c5ccc(O)c4O[C@H]2[C@@H](O)C=C[C@H]3[C@H]1C5.Cn1c(=O)c2c(ncn2C)n(C)c1=O.O=C(CN1C(=O)c2ccccc2S1(=O)=O)Nc1ccc(O)cc1. The van der Waals surface area contributed by atoms with Gasteiger partial charge in [-0.15, -0.1) is 0 Å². The summed E-state index contributed by atoms with van der Waals surface area (Å²) in [5, 5.41) is 32.3. The van der Waals surface area contributed by atoms with Crippen LogP contribution in [0.15, 0.2) is 93.6 Å². The molecular weight excluding hydrogens is 771 g/mol. The van der Waals surface area contributed by atoms with E-state index in [2.05, 4.69) is 28.3 Å². The highest BCUT2D eigenvalue weighted by Crippen LogP contribution is 2.62. The number of phenolic OH excluding ortho intramolecular Hbond substituents is 2. The summed E-state index contributed by atoms with van der Waals surface area (Å²) in [6.07, 6.45) is 6.70. The smallest absolute Gasteiger partial charge is 0.332 e. The highest BCUT2D eigenvalue weighted by atomic mass is 32.2. The Bertz CT molecular complexity index is 2780. The minimum Gasteiger partial charge on any atom is -0.508 e. The number of phenols is 2. The summed E-state index contributed by atoms with van der Waals surface area (Å²) in [7, 11) is 2.95. The molecule has 0 saturated carbocycles. The predicted molar refractivity (Wildman–Crippen MR) is 210 cm³/mol. The number of aryl methyl sites for hydroxylation is 2. The van der Waals surface area contributed by atoms with E-state index in [1.165, 1.54) is 71.5 Å². The molecule has 18 heteroatoms. The first kappa shape index (κ1) is 38.6. The Morgan fingerprint density at radius 2 is 1.69 bits per heavy atom. The molecule has 1 spiro atoms. The Kier molecular flexibility index (Phi) is 9.32. The van der Waals surface area contributed by atoms with E-state index in [-0.39, 0.29) is 44.7 Å². The number of rotatable bonds is 3. The highest BCUT2D eigenvalue weighted by Gasteiger charge is 2.64. The van der Waals surface area contributed by atoms with Crippen molar-refractivity contribution in [2.45, 2.75) is 41.4 Å². The maximum atomic E-state index is 12.3. The molecule has 10 rings (SSSR count). The van der Waals surface area contributed by atoms with E-state index in [9.17, 15) is 42.9 Å². The van der Waals surface area contributed by atoms with Gasteiger partial charge in [0, 0.05) is 49.8 Å². The number of carbonyl (C=O) groups is 2. The van der Waals surface area contributed by atoms with Crippen molar-refractivity contribution in [3.63, 3.8) is 0 Å². The molecule has 4 N–H and O–H groups in total. The number of benzene rings is 3. The van der Waals surface area contributed by atoms with Gasteiger partial charge in [0.15, 0.2) is 22.7 Å². The van der Waals surface area contributed by atoms with Crippen LogP contribution < -0.4 is 21.3 Å². The molecule has 1 fully saturated rings. The number of hydrogen-bond acceptors (Lipinski definition) is 12. The van der Waals surface area contributed by atoms with Crippen LogP contribution in [0, 0.1) is 5.92 Å². The topological polar surface area (TPSA) is 219 Å². The molecular formula is C40H41N7O10S. The third kappa shape index (κ3) is 5.89. The van der Waals surface area contributed by atoms with Gasteiger partial charge in [0.2, 0.25) is 5.91 Å². The summed E-state index contributed by atoms with van der Waals surface area (Å²) < 4.78 is 35.3. The number of nitrogens with zero attached hydrogens (tertiary/aromatic N) is 6. The summed E-state index contributed by atoms with van der Waals surface area (Å²) in [5.41, 5.74) is 2.91. The number of aromatic nitrogens is 4. The van der Waals surface area contributed by atoms with Crippen LogP contribution in [0.3, 0.4) is 0 Å². The molecule has 2 aromatic heterocycles. The molecule has 5 aromatic rings. The number of amides is 2. The monoisotopic (exact) mass is 811 g/mol. The van der Waals surface area contributed by atoms with Crippen molar-refractivity contribution in [2.75, 3.05) is 25.5 Å². The number of aromatic hydroxyl groups is 2. The second-order valence-corrected chi connectivity index (χ2v) is 16.9. The summed E-state index contributed by atoms with van der Waals surface area (Å²) in [5.74, 6) is -0.146. The molecule has 5 heterocycles. The number of ether oxygens (including phenoxy) is 1. The minimum atomic E-state index is -4.01. The van der Waals surface area contributed by atoms with Crippen molar-refractivity contribution in [3.05, 3.63) is 117 Å². The van der Waals surface area contributed by atoms with Gasteiger partial charge in [0.05, 0.1) is 11.9 Å². The molecule has 2 aliphatic carbocycles. The van der Waals surface area contributed by atoms with Crippen LogP contribution >= 0.6 is 0 Å². The van der Waals surface area contributed by atoms with Gasteiger partial charge in [-0.1, -0.05) is 30.4 Å². The number of anilines is 1. The number of likely N-dealkylation sites (tertiary alicyclic amines) is 1. The number of piperidine rings is 1. The summed E-state index contributed by atoms with van der Waals surface area (Å²) in [6, 6.07) is 15.7. The lowest BCUT2D eigenvalue weighted by Crippen LogP contribution is -2.64. The lowest BCUT2D eigenvalue weighted by Gasteiger charge is -2.56. The summed E-state index contributed by atoms with van der Waals surface area (Å²) in [4.78, 5) is 53.7. The van der Waals surface area contributed by atoms with Gasteiger partial charge < -0.3 is 34.8 Å². The first-order valence-corrected chi connectivity index (χ1v) is 19.9. The van der Waals surface area contributed by atoms with Gasteiger partial charge in [-0.05, 0) is 74.5 Å². The zero-order valence-corrected chi connectivity index (χ0v) is 32.8. The molecule has 0 radical (unpaired) electrons. The number of likely N-dealkylation sites (N-methyl/N-ethyl adjacent to an activating group) is 1. The van der Waals surface area contributed by atoms with Gasteiger partial charge in [-0.3, -0.25) is 23.5 Å². The van der Waals surface area contributed by atoms with Crippen LogP contribution in [-0.2, 0) is 47.8 Å². The van der Waals surface area contributed by atoms with E-state index >= 15 is 0 Å². The van der Waals surface area contributed by atoms with Gasteiger partial charge in [0.25, 0.3) is 21.5 Å². The minimum absolute atomic E-state index is 0.0377. The molecule has 0 unspecified atom stereocenters. The number of carbonyl (C=O) groups excluding carboxylic acids is 2. The van der Waals surface area contributed by atoms with E-state index in [0.717, 1.165) is 24.0 Å². The van der Waals surface area contributed by atoms with Crippen molar-refractivity contribution in [3.8, 4) is 17.2 Å². The lowest BCUT2D eigenvalue weighted by atomic mass is 9.53. The Labute approximate surface area is 331 Å². The number of imidazole rings is 1. The average molecular weight is 812 g/mol. The molecule has 2 bridgehead atoms. The number of aliphatic hydroxyl groups is 1. The molecule has 3 aromatic carbocycles. The van der Waals surface area contributed by atoms with Gasteiger partial charge >= 0.3 is 5.69 Å². The maximum absolute atomic E-state index is 12.3. The van der Waals surface area contributed by atoms with Crippen molar-refractivity contribution in [1.29, 1.82) is 0 Å². The van der Waals surface area contributed by atoms with E-state index in [0.29, 0.717) is 38.9 Å². The Morgan fingerprint density at radius 3 is 2.41 bits per heavy atom. The Morgan fingerprint density at radius 1 is 0.966 bits per heavy atom. The fourth-order valence-electron chi connectivity index (χ4n) is 8.97. The van der Waals surface area contributed by atoms with Crippen LogP contribution in [0.4, 0.5) is 5.69 Å². The van der Waals surface area contributed by atoms with E-state index in [1.807, 2.05) is 12.1 Å². The predicted octanol–water partition coefficient (Wildman–Crippen LogP) is 1.34. The average Bonchev–Trinajstić information content (AvgIpc) is 3.83. The Balaban J connectivity index is 0.000000125. The van der Waals surface area contributed by atoms with Crippen molar-refractivity contribution < 1.29 is 38.1 Å². The highest BCUT2D eigenvalue weighted by molar-refractivity contribution is 7.90. The van der Waals surface area contributed by atoms with E-state index in [1.54, 1.807) is 30.8 Å². The quantitative estimate of drug-likeness (QED) is 0.150. The molecule has 302 valence electrons. The lowest BCUT2D eigenvalue weighted by molar-refractivity contribution is -0.116. The van der Waals surface area contributed by atoms with Crippen LogP contribution in [0.2, 0.25) is 0 Å². The molecule has 3 aliphatic heterocycles. The summed E-state index contributed by atoms with van der Waals surface area (Å²) >= 11 is 0. The number of hydrogen-bond donors (Lipinski definition) is 4. The van der Waals surface area contributed by atoms with Gasteiger partial charge in [-0.25, -0.2) is 22.5 Å². The third-order valence-corrected chi connectivity index (χ3v) is 13.6. The fourth-order valence-corrected chi connectivity index (χ4v) is 10.5. The van der Waals surface area contributed by atoms with Crippen molar-refractivity contribution in [1.82, 2.24) is 27.9 Å². The first-order valence-electron chi connectivity index (χ1n) is 18.5. The maximum Gasteiger partial charge on any atom is 0.332 e. The van der Waals surface area contributed by atoms with E-state index < -0.39 is 34.5 Å². The number of nitrogens with one attached hydrogen (secondary N) is 1. The molecule has 5 atom stereocenters. The second kappa shape index (κ2) is 14.0. The zero-order chi connectivity index (χ0) is 41.4. The standard InChI is InChI=1S/C17H19NO3.C15H12N2O5S.C8H10N4O2/c1-18-7-6-17-10-3-5-13(20)16(17)21-15-12(19)4-2-9(14(15)17)8-11(10)18;18-11-7-5-10(6-8-11)16-14(19)9-17-15(20)12-3-1-2-4-13(12)23(17,21)22;1-10-4-9-6-5(10)7(13)12(3)8(14)11(6)2/h2-5,10-11,13,16,19-20H,6-8H2,1H3;1-8,18H,9H2,(H,16,19);4H,1-3H3/t10-,11+,13-,16-,17-;;/m0../s1. The largest absolute Gasteiger partial charge is 0.508 e. The molecule has 2 amide bonds. The van der Waals surface area contributed by atoms with Crippen molar-refractivity contribution in [2.24, 2.45) is 27.1 Å². The van der Waals surface area contributed by atoms with Crippen LogP contribution in [0.25, 0.3) is 11.2 Å². The number of fused-ring (bicyclic) bond motifs is 2. The second-order valence-electron chi connectivity index (χ2n) is 15.1.